The van der Waals surface area contributed by atoms with Crippen LogP contribution in [0.5, 0.6) is 0 Å². The van der Waals surface area contributed by atoms with Gasteiger partial charge in [0.1, 0.15) is 5.82 Å². The molecule has 4 nitrogen and oxygen atoms in total. The molecule has 28 heavy (non-hydrogen) atoms. The minimum atomic E-state index is -0.560. The van der Waals surface area contributed by atoms with Gasteiger partial charge in [0.15, 0.2) is 0 Å². The average molecular weight is 392 g/mol. The van der Waals surface area contributed by atoms with Gasteiger partial charge in [-0.15, -0.1) is 11.3 Å². The number of halogens is 2. The number of nitrogens with one attached hydrogen (secondary N) is 1. The fourth-order valence-electron chi connectivity index (χ4n) is 2.59. The molecular weight excluding hydrogens is 378 g/mol. The number of benzene rings is 2. The molecule has 0 amide bonds. The average Bonchev–Trinajstić information content (AvgIpc) is 3.20. The van der Waals surface area contributed by atoms with Crippen LogP contribution < -0.4 is 5.43 Å². The fraction of sp³-hybridized carbons (Fsp3) is 0. The summed E-state index contributed by atoms with van der Waals surface area (Å²) < 4.78 is 27.1. The van der Waals surface area contributed by atoms with Crippen LogP contribution in [0.2, 0.25) is 0 Å². The highest BCUT2D eigenvalue weighted by Crippen LogP contribution is 2.25. The number of thiazole rings is 1. The van der Waals surface area contributed by atoms with E-state index in [1.807, 2.05) is 35.7 Å². The molecule has 2 heterocycles. The molecule has 0 aliphatic carbocycles. The Balaban J connectivity index is 1.50. The van der Waals surface area contributed by atoms with Crippen molar-refractivity contribution in [3.63, 3.8) is 0 Å². The Hall–Kier alpha value is -3.45. The van der Waals surface area contributed by atoms with E-state index in [0.29, 0.717) is 16.3 Å². The van der Waals surface area contributed by atoms with E-state index in [1.54, 1.807) is 18.2 Å². The third-order valence-corrected chi connectivity index (χ3v) is 4.74. The molecule has 0 unspecified atom stereocenters. The van der Waals surface area contributed by atoms with Crippen molar-refractivity contribution in [2.75, 3.05) is 5.43 Å². The van der Waals surface area contributed by atoms with E-state index in [2.05, 4.69) is 20.5 Å². The first-order chi connectivity index (χ1) is 13.7. The van der Waals surface area contributed by atoms with E-state index in [4.69, 9.17) is 0 Å². The molecule has 4 aromatic rings. The van der Waals surface area contributed by atoms with Crippen molar-refractivity contribution < 1.29 is 8.78 Å². The smallest absolute Gasteiger partial charge is 0.212 e. The summed E-state index contributed by atoms with van der Waals surface area (Å²) in [6.07, 6.45) is 2.79. The van der Waals surface area contributed by atoms with Crippen molar-refractivity contribution >= 4 is 22.7 Å². The van der Waals surface area contributed by atoms with E-state index in [9.17, 15) is 8.78 Å². The van der Waals surface area contributed by atoms with Crippen molar-refractivity contribution in [1.29, 1.82) is 0 Å². The van der Waals surface area contributed by atoms with Crippen molar-refractivity contribution in [2.45, 2.75) is 0 Å². The standard InChI is InChI=1S/C21H14F2N4S/c22-18-8-6-15(16-7-9-20(23)24-11-16)10-17(18)12-25-27-21-26-19(13-28-21)14-4-2-1-3-5-14/h1-13H,(H,26,27). The molecule has 138 valence electrons. The van der Waals surface area contributed by atoms with E-state index < -0.39 is 11.8 Å². The Morgan fingerprint density at radius 1 is 0.929 bits per heavy atom. The summed E-state index contributed by atoms with van der Waals surface area (Å²) in [5.74, 6) is -0.969. The van der Waals surface area contributed by atoms with Gasteiger partial charge in [0, 0.05) is 28.3 Å². The lowest BCUT2D eigenvalue weighted by atomic mass is 10.0. The largest absolute Gasteiger partial charge is 0.253 e. The van der Waals surface area contributed by atoms with Crippen LogP contribution in [0.4, 0.5) is 13.9 Å². The number of nitrogens with zero attached hydrogens (tertiary/aromatic N) is 3. The number of rotatable bonds is 5. The Morgan fingerprint density at radius 3 is 2.54 bits per heavy atom. The Bertz CT molecular complexity index is 1110. The van der Waals surface area contributed by atoms with E-state index >= 15 is 0 Å². The second-order valence-electron chi connectivity index (χ2n) is 5.88. The zero-order valence-corrected chi connectivity index (χ0v) is 15.3. The summed E-state index contributed by atoms with van der Waals surface area (Å²) in [6.45, 7) is 0. The first-order valence-corrected chi connectivity index (χ1v) is 9.28. The summed E-state index contributed by atoms with van der Waals surface area (Å²) in [7, 11) is 0. The summed E-state index contributed by atoms with van der Waals surface area (Å²) >= 11 is 1.41. The molecule has 0 radical (unpaired) electrons. The minimum Gasteiger partial charge on any atom is -0.253 e. The molecule has 0 fully saturated rings. The predicted molar refractivity (Wildman–Crippen MR) is 108 cm³/mol. The lowest BCUT2D eigenvalue weighted by Gasteiger charge is -2.04. The summed E-state index contributed by atoms with van der Waals surface area (Å²) in [6, 6.07) is 17.3. The monoisotopic (exact) mass is 392 g/mol. The Morgan fingerprint density at radius 2 is 1.75 bits per heavy atom. The first-order valence-electron chi connectivity index (χ1n) is 8.40. The van der Waals surface area contributed by atoms with Gasteiger partial charge in [0.25, 0.3) is 0 Å². The quantitative estimate of drug-likeness (QED) is 0.273. The number of hydrazone groups is 1. The van der Waals surface area contributed by atoms with Crippen LogP contribution in [0.3, 0.4) is 0 Å². The second-order valence-corrected chi connectivity index (χ2v) is 6.74. The molecule has 0 atom stereocenters. The van der Waals surface area contributed by atoms with Gasteiger partial charge < -0.3 is 0 Å². The van der Waals surface area contributed by atoms with Gasteiger partial charge in [-0.3, -0.25) is 5.43 Å². The fourth-order valence-corrected chi connectivity index (χ4v) is 3.26. The first kappa shape index (κ1) is 17.9. The number of aromatic nitrogens is 2. The van der Waals surface area contributed by atoms with Crippen LogP contribution >= 0.6 is 11.3 Å². The van der Waals surface area contributed by atoms with Crippen molar-refractivity contribution in [1.82, 2.24) is 9.97 Å². The van der Waals surface area contributed by atoms with Crippen molar-refractivity contribution in [3.8, 4) is 22.4 Å². The zero-order valence-electron chi connectivity index (χ0n) is 14.5. The highest BCUT2D eigenvalue weighted by molar-refractivity contribution is 7.14. The van der Waals surface area contributed by atoms with Gasteiger partial charge in [-0.1, -0.05) is 36.4 Å². The van der Waals surface area contributed by atoms with Crippen molar-refractivity contribution in [2.24, 2.45) is 5.10 Å². The van der Waals surface area contributed by atoms with E-state index in [-0.39, 0.29) is 0 Å². The highest BCUT2D eigenvalue weighted by atomic mass is 32.1. The van der Waals surface area contributed by atoms with Crippen LogP contribution in [-0.2, 0) is 0 Å². The SMILES string of the molecule is Fc1ccc(-c2ccc(F)c(C=NNc3nc(-c4ccccc4)cs3)c2)cn1. The van der Waals surface area contributed by atoms with E-state index in [0.717, 1.165) is 16.8 Å². The molecular formula is C21H14F2N4S. The molecule has 2 aromatic carbocycles. The third kappa shape index (κ3) is 4.10. The molecule has 4 rings (SSSR count). The molecule has 1 N–H and O–H groups in total. The maximum absolute atomic E-state index is 14.1. The van der Waals surface area contributed by atoms with E-state index in [1.165, 1.54) is 35.9 Å². The van der Waals surface area contributed by atoms with Gasteiger partial charge in [-0.2, -0.15) is 9.49 Å². The molecule has 0 aliphatic rings. The molecule has 7 heteroatoms. The minimum absolute atomic E-state index is 0.300. The number of pyridine rings is 1. The number of hydrogen-bond acceptors (Lipinski definition) is 5. The van der Waals surface area contributed by atoms with Crippen LogP contribution in [0, 0.1) is 11.8 Å². The third-order valence-electron chi connectivity index (χ3n) is 3.99. The van der Waals surface area contributed by atoms with Gasteiger partial charge in [-0.25, -0.2) is 14.4 Å². The molecule has 0 spiro atoms. The zero-order chi connectivity index (χ0) is 19.3. The van der Waals surface area contributed by atoms with Crippen LogP contribution in [0.1, 0.15) is 5.56 Å². The van der Waals surface area contributed by atoms with Gasteiger partial charge >= 0.3 is 0 Å². The molecule has 0 saturated heterocycles. The molecule has 2 aromatic heterocycles. The van der Waals surface area contributed by atoms with Gasteiger partial charge in [-0.05, 0) is 29.8 Å². The summed E-state index contributed by atoms with van der Waals surface area (Å²) in [5.41, 5.74) is 6.40. The maximum Gasteiger partial charge on any atom is 0.212 e. The lowest BCUT2D eigenvalue weighted by molar-refractivity contribution is 0.584. The van der Waals surface area contributed by atoms with Crippen LogP contribution in [0.15, 0.2) is 77.3 Å². The van der Waals surface area contributed by atoms with Crippen LogP contribution in [0.25, 0.3) is 22.4 Å². The number of anilines is 1. The molecule has 0 bridgehead atoms. The Kier molecular flexibility index (Phi) is 5.16. The highest BCUT2D eigenvalue weighted by Gasteiger charge is 2.06. The van der Waals surface area contributed by atoms with Crippen LogP contribution in [-0.4, -0.2) is 16.2 Å². The normalized spacial score (nSPS) is 11.1. The second kappa shape index (κ2) is 8.06. The maximum atomic E-state index is 14.1. The Labute approximate surface area is 164 Å². The van der Waals surface area contributed by atoms with Gasteiger partial charge in [0.2, 0.25) is 11.1 Å². The lowest BCUT2D eigenvalue weighted by Crippen LogP contribution is -1.94. The number of hydrogen-bond donors (Lipinski definition) is 1. The molecule has 0 saturated carbocycles. The van der Waals surface area contributed by atoms with Gasteiger partial charge in [0.05, 0.1) is 11.9 Å². The van der Waals surface area contributed by atoms with Crippen molar-refractivity contribution in [3.05, 3.63) is 89.6 Å². The predicted octanol–water partition coefficient (Wildman–Crippen LogP) is 5.60. The molecule has 0 aliphatic heterocycles. The topological polar surface area (TPSA) is 50.2 Å². The summed E-state index contributed by atoms with van der Waals surface area (Å²) in [4.78, 5) is 8.09. The summed E-state index contributed by atoms with van der Waals surface area (Å²) in [5, 5.41) is 6.62.